The van der Waals surface area contributed by atoms with E-state index in [9.17, 15) is 19.5 Å². The number of H-pyrrole nitrogens is 1. The normalized spacial score (nSPS) is 13.7. The Kier molecular flexibility index (Phi) is 3.04. The second kappa shape index (κ2) is 4.94. The van der Waals surface area contributed by atoms with Crippen molar-refractivity contribution < 1.29 is 14.7 Å². The van der Waals surface area contributed by atoms with Gasteiger partial charge in [-0.2, -0.15) is 5.10 Å². The lowest BCUT2D eigenvalue weighted by Gasteiger charge is -2.20. The molecule has 1 heterocycles. The Balaban J connectivity index is 2.08. The molecule has 1 aliphatic carbocycles. The quantitative estimate of drug-likeness (QED) is 0.554. The molecule has 6 heteroatoms. The highest BCUT2D eigenvalue weighted by Gasteiger charge is 2.32. The van der Waals surface area contributed by atoms with Crippen molar-refractivity contribution >= 4 is 22.5 Å². The maximum absolute atomic E-state index is 12.9. The van der Waals surface area contributed by atoms with E-state index >= 15 is 0 Å². The highest BCUT2D eigenvalue weighted by atomic mass is 16.3. The number of benzene rings is 2. The first-order chi connectivity index (χ1) is 11.8. The molecular weight excluding hydrogens is 320 g/mol. The van der Waals surface area contributed by atoms with Gasteiger partial charge in [-0.1, -0.05) is 24.3 Å². The number of fused-ring (bicyclic) bond motifs is 4. The van der Waals surface area contributed by atoms with Gasteiger partial charge in [-0.3, -0.25) is 19.5 Å². The summed E-state index contributed by atoms with van der Waals surface area (Å²) >= 11 is 0. The molecule has 124 valence electrons. The molecule has 0 fully saturated rings. The number of aliphatic hydroxyl groups is 1. The summed E-state index contributed by atoms with van der Waals surface area (Å²) in [5, 5.41) is 16.9. The van der Waals surface area contributed by atoms with E-state index < -0.39 is 11.0 Å². The molecule has 1 aliphatic rings. The number of nitrogens with zero attached hydrogens (tertiary/aromatic N) is 1. The van der Waals surface area contributed by atoms with Crippen LogP contribution in [0.5, 0.6) is 0 Å². The van der Waals surface area contributed by atoms with Crippen molar-refractivity contribution in [2.24, 2.45) is 0 Å². The molecular formula is C19H14N2O4. The number of carbonyl (C=O) groups excluding carboxylic acids is 2. The minimum absolute atomic E-state index is 0.0464. The zero-order valence-electron chi connectivity index (χ0n) is 13.6. The van der Waals surface area contributed by atoms with E-state index in [2.05, 4.69) is 10.2 Å². The fourth-order valence-electron chi connectivity index (χ4n) is 3.20. The average Bonchev–Trinajstić information content (AvgIpc) is 2.58. The monoisotopic (exact) mass is 334 g/mol. The van der Waals surface area contributed by atoms with Gasteiger partial charge in [0.05, 0.1) is 11.1 Å². The van der Waals surface area contributed by atoms with Crippen LogP contribution in [0, 0.1) is 0 Å². The minimum atomic E-state index is -1.43. The van der Waals surface area contributed by atoms with Gasteiger partial charge in [-0.15, -0.1) is 0 Å². The van der Waals surface area contributed by atoms with Gasteiger partial charge in [0.1, 0.15) is 11.3 Å². The predicted octanol–water partition coefficient (Wildman–Crippen LogP) is 1.93. The molecule has 2 N–H and O–H groups in total. The molecule has 0 bridgehead atoms. The summed E-state index contributed by atoms with van der Waals surface area (Å²) < 4.78 is 0. The van der Waals surface area contributed by atoms with Crippen molar-refractivity contribution in [3.63, 3.8) is 0 Å². The number of rotatable bonds is 1. The van der Waals surface area contributed by atoms with E-state index in [4.69, 9.17) is 0 Å². The van der Waals surface area contributed by atoms with Gasteiger partial charge < -0.3 is 5.11 Å². The molecule has 0 amide bonds. The summed E-state index contributed by atoms with van der Waals surface area (Å²) in [6, 6.07) is 9.57. The highest BCUT2D eigenvalue weighted by Crippen LogP contribution is 2.31. The summed E-state index contributed by atoms with van der Waals surface area (Å²) in [5.41, 5.74) is -0.689. The Morgan fingerprint density at radius 2 is 1.56 bits per heavy atom. The Labute approximate surface area is 142 Å². The number of carbonyl (C=O) groups is 2. The Hall–Kier alpha value is -3.12. The molecule has 0 atom stereocenters. The van der Waals surface area contributed by atoms with Gasteiger partial charge in [-0.05, 0) is 26.0 Å². The molecule has 1 aromatic heterocycles. The molecule has 0 saturated carbocycles. The number of ketones is 2. The van der Waals surface area contributed by atoms with E-state index in [-0.39, 0.29) is 39.3 Å². The lowest BCUT2D eigenvalue weighted by Crippen LogP contribution is -2.29. The van der Waals surface area contributed by atoms with E-state index in [0.29, 0.717) is 11.1 Å². The Morgan fingerprint density at radius 1 is 0.920 bits per heavy atom. The topological polar surface area (TPSA) is 100 Å². The summed E-state index contributed by atoms with van der Waals surface area (Å²) in [4.78, 5) is 38.3. The number of aromatic amines is 1. The fraction of sp³-hybridized carbons (Fsp3) is 0.158. The highest BCUT2D eigenvalue weighted by molar-refractivity contribution is 6.31. The van der Waals surface area contributed by atoms with E-state index in [1.807, 2.05) is 0 Å². The molecule has 2 aromatic carbocycles. The maximum atomic E-state index is 12.9. The van der Waals surface area contributed by atoms with Gasteiger partial charge in [0.15, 0.2) is 11.6 Å². The standard InChI is InChI=1S/C19H14N2O4/c1-19(2,25)18-17(24)12-8-7-11-13(14(12)20-21-18)16(23)10-6-4-3-5-9(10)15(11)22/h3-8,25H,1-2H3,(H,20,24). The average molecular weight is 334 g/mol. The molecule has 0 unspecified atom stereocenters. The summed E-state index contributed by atoms with van der Waals surface area (Å²) in [6.45, 7) is 2.92. The Morgan fingerprint density at radius 3 is 2.20 bits per heavy atom. The number of nitrogens with one attached hydrogen (secondary N) is 1. The Bertz CT molecular complexity index is 1140. The van der Waals surface area contributed by atoms with Crippen molar-refractivity contribution in [2.75, 3.05) is 0 Å². The summed E-state index contributed by atoms with van der Waals surface area (Å²) in [5.74, 6) is -0.594. The molecule has 0 spiro atoms. The zero-order chi connectivity index (χ0) is 17.9. The van der Waals surface area contributed by atoms with Crippen molar-refractivity contribution in [3.05, 3.63) is 74.6 Å². The van der Waals surface area contributed by atoms with Crippen LogP contribution in [0.25, 0.3) is 10.9 Å². The summed E-state index contributed by atoms with van der Waals surface area (Å²) in [7, 11) is 0. The van der Waals surface area contributed by atoms with E-state index in [1.54, 1.807) is 24.3 Å². The minimum Gasteiger partial charge on any atom is -0.384 e. The first-order valence-electron chi connectivity index (χ1n) is 7.77. The van der Waals surface area contributed by atoms with Crippen LogP contribution in [-0.4, -0.2) is 26.9 Å². The van der Waals surface area contributed by atoms with Crippen molar-refractivity contribution in [1.82, 2.24) is 10.2 Å². The lowest BCUT2D eigenvalue weighted by molar-refractivity contribution is 0.0719. The third-order valence-corrected chi connectivity index (χ3v) is 4.41. The van der Waals surface area contributed by atoms with Crippen LogP contribution in [0.1, 0.15) is 51.4 Å². The molecule has 6 nitrogen and oxygen atoms in total. The van der Waals surface area contributed by atoms with Gasteiger partial charge in [0.25, 0.3) is 0 Å². The van der Waals surface area contributed by atoms with Crippen molar-refractivity contribution in [3.8, 4) is 0 Å². The van der Waals surface area contributed by atoms with Crippen LogP contribution in [0.2, 0.25) is 0 Å². The predicted molar refractivity (Wildman–Crippen MR) is 90.9 cm³/mol. The van der Waals surface area contributed by atoms with Crippen LogP contribution in [-0.2, 0) is 5.60 Å². The fourth-order valence-corrected chi connectivity index (χ4v) is 3.20. The SMILES string of the molecule is CC(C)(O)c1n[nH]c2c3c(ccc2c1=O)C(=O)c1ccccc1C3=O. The second-order valence-corrected chi connectivity index (χ2v) is 6.57. The van der Waals surface area contributed by atoms with Crippen LogP contribution >= 0.6 is 0 Å². The second-order valence-electron chi connectivity index (χ2n) is 6.57. The van der Waals surface area contributed by atoms with Crippen molar-refractivity contribution in [1.29, 1.82) is 0 Å². The molecule has 0 radical (unpaired) electrons. The molecule has 0 aliphatic heterocycles. The first-order valence-corrected chi connectivity index (χ1v) is 7.77. The van der Waals surface area contributed by atoms with E-state index in [1.165, 1.54) is 26.0 Å². The summed E-state index contributed by atoms with van der Waals surface area (Å²) in [6.07, 6.45) is 0. The molecule has 4 rings (SSSR count). The van der Waals surface area contributed by atoms with Crippen LogP contribution in [0.4, 0.5) is 0 Å². The zero-order valence-corrected chi connectivity index (χ0v) is 13.6. The molecule has 0 saturated heterocycles. The van der Waals surface area contributed by atoms with Gasteiger partial charge in [-0.25, -0.2) is 0 Å². The maximum Gasteiger partial charge on any atom is 0.214 e. The lowest BCUT2D eigenvalue weighted by atomic mass is 9.83. The van der Waals surface area contributed by atoms with Gasteiger partial charge in [0, 0.05) is 22.1 Å². The molecule has 3 aromatic rings. The van der Waals surface area contributed by atoms with E-state index in [0.717, 1.165) is 0 Å². The van der Waals surface area contributed by atoms with Gasteiger partial charge >= 0.3 is 0 Å². The number of aromatic nitrogens is 2. The first kappa shape index (κ1) is 15.4. The number of hydrogen-bond acceptors (Lipinski definition) is 5. The smallest absolute Gasteiger partial charge is 0.214 e. The van der Waals surface area contributed by atoms with Crippen LogP contribution in [0.15, 0.2) is 41.2 Å². The largest absolute Gasteiger partial charge is 0.384 e. The van der Waals surface area contributed by atoms with Crippen LogP contribution < -0.4 is 5.43 Å². The third kappa shape index (κ3) is 2.08. The van der Waals surface area contributed by atoms with Crippen LogP contribution in [0.3, 0.4) is 0 Å². The third-order valence-electron chi connectivity index (χ3n) is 4.41. The van der Waals surface area contributed by atoms with Gasteiger partial charge in [0.2, 0.25) is 5.43 Å². The molecule has 25 heavy (non-hydrogen) atoms. The van der Waals surface area contributed by atoms with Crippen molar-refractivity contribution in [2.45, 2.75) is 19.4 Å². The number of hydrogen-bond donors (Lipinski definition) is 2.